The van der Waals surface area contributed by atoms with Crippen LogP contribution in [0.4, 0.5) is 28.0 Å². The van der Waals surface area contributed by atoms with Gasteiger partial charge in [-0.15, -0.1) is 0 Å². The normalized spacial score (nSPS) is 11.8. The van der Waals surface area contributed by atoms with Crippen molar-refractivity contribution < 1.29 is 22.4 Å². The van der Waals surface area contributed by atoms with Gasteiger partial charge in [0.15, 0.2) is 0 Å². The lowest BCUT2D eigenvalue weighted by atomic mass is 10.1. The fraction of sp³-hybridized carbons (Fsp3) is 0.385. The number of hydrogen-bond donors (Lipinski definition) is 4. The summed E-state index contributed by atoms with van der Waals surface area (Å²) in [5.74, 6) is -1.72. The number of rotatable bonds is 1. The topological polar surface area (TPSA) is 77.0 Å². The van der Waals surface area contributed by atoms with Crippen LogP contribution in [0.15, 0.2) is 18.2 Å². The molecule has 22 heavy (non-hydrogen) atoms. The molecule has 0 bridgehead atoms. The van der Waals surface area contributed by atoms with Gasteiger partial charge in [-0.05, 0) is 39.0 Å². The van der Waals surface area contributed by atoms with E-state index in [1.165, 1.54) is 0 Å². The zero-order valence-corrected chi connectivity index (χ0v) is 12.2. The van der Waals surface area contributed by atoms with Gasteiger partial charge in [0.2, 0.25) is 5.96 Å². The molecular formula is C13H16F4N4O. The molecule has 0 saturated carbocycles. The summed E-state index contributed by atoms with van der Waals surface area (Å²) in [6.45, 7) is 5.10. The summed E-state index contributed by atoms with van der Waals surface area (Å²) in [5.41, 5.74) is -2.37. The van der Waals surface area contributed by atoms with Crippen LogP contribution in [0.5, 0.6) is 0 Å². The Morgan fingerprint density at radius 3 is 2.27 bits per heavy atom. The van der Waals surface area contributed by atoms with Crippen molar-refractivity contribution in [3.8, 4) is 0 Å². The molecule has 0 atom stereocenters. The highest BCUT2D eigenvalue weighted by molar-refractivity contribution is 6.02. The Bertz CT molecular complexity index is 578. The van der Waals surface area contributed by atoms with Gasteiger partial charge in [0, 0.05) is 5.54 Å². The molecule has 5 nitrogen and oxygen atoms in total. The number of hydrogen-bond acceptors (Lipinski definition) is 2. The van der Waals surface area contributed by atoms with Gasteiger partial charge in [-0.2, -0.15) is 13.2 Å². The number of benzene rings is 1. The van der Waals surface area contributed by atoms with E-state index in [1.807, 2.05) is 5.32 Å². The van der Waals surface area contributed by atoms with Gasteiger partial charge in [-0.25, -0.2) is 9.18 Å². The van der Waals surface area contributed by atoms with Gasteiger partial charge in [0.1, 0.15) is 5.82 Å². The minimum absolute atomic E-state index is 0.310. The number of anilines is 1. The van der Waals surface area contributed by atoms with Crippen molar-refractivity contribution in [2.75, 3.05) is 5.32 Å². The molecule has 2 amide bonds. The lowest BCUT2D eigenvalue weighted by Gasteiger charge is -2.21. The Balaban J connectivity index is 2.83. The quantitative estimate of drug-likeness (QED) is 0.364. The number of guanidine groups is 1. The highest BCUT2D eigenvalue weighted by Gasteiger charge is 2.34. The summed E-state index contributed by atoms with van der Waals surface area (Å²) in [5, 5.41) is 14.1. The minimum atomic E-state index is -4.79. The predicted octanol–water partition coefficient (Wildman–Crippen LogP) is 3.29. The van der Waals surface area contributed by atoms with Crippen molar-refractivity contribution in [2.45, 2.75) is 32.5 Å². The third-order valence-corrected chi connectivity index (χ3v) is 2.27. The first kappa shape index (κ1) is 17.7. The Labute approximate surface area is 124 Å². The molecule has 1 rings (SSSR count). The summed E-state index contributed by atoms with van der Waals surface area (Å²) in [7, 11) is 0. The molecule has 4 N–H and O–H groups in total. The van der Waals surface area contributed by atoms with Crippen LogP contribution < -0.4 is 16.0 Å². The molecule has 0 aliphatic heterocycles. The summed E-state index contributed by atoms with van der Waals surface area (Å²) in [6, 6.07) is 1.22. The van der Waals surface area contributed by atoms with E-state index in [-0.39, 0.29) is 0 Å². The Morgan fingerprint density at radius 1 is 1.18 bits per heavy atom. The van der Waals surface area contributed by atoms with E-state index < -0.39 is 40.8 Å². The lowest BCUT2D eigenvalue weighted by Crippen LogP contribution is -2.49. The van der Waals surface area contributed by atoms with Crippen LogP contribution in [-0.4, -0.2) is 17.5 Å². The highest BCUT2D eigenvalue weighted by atomic mass is 19.4. The van der Waals surface area contributed by atoms with E-state index in [4.69, 9.17) is 5.41 Å². The zero-order chi connectivity index (χ0) is 17.1. The molecule has 0 spiro atoms. The molecule has 0 aliphatic carbocycles. The molecule has 0 aliphatic rings. The summed E-state index contributed by atoms with van der Waals surface area (Å²) in [4.78, 5) is 11.5. The van der Waals surface area contributed by atoms with E-state index in [9.17, 15) is 22.4 Å². The van der Waals surface area contributed by atoms with Gasteiger partial charge in [0.25, 0.3) is 0 Å². The van der Waals surface area contributed by atoms with Crippen LogP contribution in [0.3, 0.4) is 0 Å². The Kier molecular flexibility index (Phi) is 5.00. The van der Waals surface area contributed by atoms with Gasteiger partial charge >= 0.3 is 12.2 Å². The first-order valence-corrected chi connectivity index (χ1v) is 6.20. The van der Waals surface area contributed by atoms with E-state index in [2.05, 4.69) is 10.6 Å². The highest BCUT2D eigenvalue weighted by Crippen LogP contribution is 2.35. The van der Waals surface area contributed by atoms with Crippen molar-refractivity contribution >= 4 is 17.7 Å². The van der Waals surface area contributed by atoms with Crippen molar-refractivity contribution in [3.63, 3.8) is 0 Å². The van der Waals surface area contributed by atoms with Crippen LogP contribution in [0.1, 0.15) is 26.3 Å². The van der Waals surface area contributed by atoms with Gasteiger partial charge in [-0.1, -0.05) is 0 Å². The average molecular weight is 320 g/mol. The molecule has 0 aromatic heterocycles. The third kappa shape index (κ3) is 5.58. The smallest absolute Gasteiger partial charge is 0.333 e. The third-order valence-electron chi connectivity index (χ3n) is 2.27. The molecule has 0 unspecified atom stereocenters. The van der Waals surface area contributed by atoms with Crippen LogP contribution in [0, 0.1) is 11.2 Å². The maximum atomic E-state index is 12.9. The van der Waals surface area contributed by atoms with Crippen molar-refractivity contribution in [3.05, 3.63) is 29.6 Å². The van der Waals surface area contributed by atoms with Crippen LogP contribution in [0.25, 0.3) is 0 Å². The predicted molar refractivity (Wildman–Crippen MR) is 74.2 cm³/mol. The second kappa shape index (κ2) is 6.20. The first-order chi connectivity index (χ1) is 9.88. The van der Waals surface area contributed by atoms with Crippen LogP contribution >= 0.6 is 0 Å². The molecule has 9 heteroatoms. The van der Waals surface area contributed by atoms with Gasteiger partial charge in [-0.3, -0.25) is 10.7 Å². The summed E-state index contributed by atoms with van der Waals surface area (Å²) in [6.07, 6.45) is -4.79. The molecule has 1 aromatic carbocycles. The van der Waals surface area contributed by atoms with E-state index in [0.29, 0.717) is 6.07 Å². The standard InChI is InChI=1S/C13H16F4N4O/c1-12(2,3)21-11(22)20-10(18)19-9-5-4-7(14)6-8(9)13(15,16)17/h4-6H,1-3H3,(H4,18,19,20,21,22). The SMILES string of the molecule is CC(C)(C)NC(=O)NC(=N)Nc1ccc(F)cc1C(F)(F)F. The van der Waals surface area contributed by atoms with Crippen molar-refractivity contribution in [1.82, 2.24) is 10.6 Å². The first-order valence-electron chi connectivity index (χ1n) is 6.20. The number of carbonyl (C=O) groups excluding carboxylic acids is 1. The second-order valence-electron chi connectivity index (χ2n) is 5.52. The average Bonchev–Trinajstić information content (AvgIpc) is 2.27. The summed E-state index contributed by atoms with van der Waals surface area (Å²) < 4.78 is 51.3. The Hall–Kier alpha value is -2.32. The summed E-state index contributed by atoms with van der Waals surface area (Å²) >= 11 is 0. The number of carbonyl (C=O) groups is 1. The van der Waals surface area contributed by atoms with Crippen molar-refractivity contribution in [2.24, 2.45) is 0 Å². The number of nitrogens with one attached hydrogen (secondary N) is 4. The van der Waals surface area contributed by atoms with Gasteiger partial charge < -0.3 is 10.6 Å². The fourth-order valence-electron chi connectivity index (χ4n) is 1.51. The van der Waals surface area contributed by atoms with Crippen molar-refractivity contribution in [1.29, 1.82) is 5.41 Å². The molecule has 1 aromatic rings. The molecule has 0 fully saturated rings. The van der Waals surface area contributed by atoms with Gasteiger partial charge in [0.05, 0.1) is 11.3 Å². The van der Waals surface area contributed by atoms with E-state index >= 15 is 0 Å². The minimum Gasteiger partial charge on any atom is -0.333 e. The monoisotopic (exact) mass is 320 g/mol. The zero-order valence-electron chi connectivity index (χ0n) is 12.2. The number of amides is 2. The Morgan fingerprint density at radius 2 is 1.77 bits per heavy atom. The molecule has 122 valence electrons. The number of urea groups is 1. The van der Waals surface area contributed by atoms with Crippen LogP contribution in [0.2, 0.25) is 0 Å². The molecular weight excluding hydrogens is 304 g/mol. The maximum absolute atomic E-state index is 12.9. The number of halogens is 4. The molecule has 0 heterocycles. The largest absolute Gasteiger partial charge is 0.418 e. The fourth-order valence-corrected chi connectivity index (χ4v) is 1.51. The lowest BCUT2D eigenvalue weighted by molar-refractivity contribution is -0.137. The molecule has 0 radical (unpaired) electrons. The van der Waals surface area contributed by atoms with E-state index in [0.717, 1.165) is 12.1 Å². The van der Waals surface area contributed by atoms with Crippen LogP contribution in [-0.2, 0) is 6.18 Å². The van der Waals surface area contributed by atoms with E-state index in [1.54, 1.807) is 20.8 Å². The number of alkyl halides is 3. The maximum Gasteiger partial charge on any atom is 0.418 e. The second-order valence-corrected chi connectivity index (χ2v) is 5.52. The molecule has 0 saturated heterocycles.